The topological polar surface area (TPSA) is 62.7 Å². The van der Waals surface area contributed by atoms with Crippen LogP contribution in [0.15, 0.2) is 47.6 Å². The number of nitrogens with zero attached hydrogens (tertiary/aromatic N) is 1. The number of benzene rings is 2. The number of amides is 1. The smallest absolute Gasteiger partial charge is 0.259 e. The van der Waals surface area contributed by atoms with E-state index in [0.29, 0.717) is 0 Å². The molecule has 0 heterocycles. The number of anilines is 1. The average Bonchev–Trinajstić information content (AvgIpc) is 2.59. The number of nitrogens with one attached hydrogen (secondary N) is 2. The zero-order chi connectivity index (χ0) is 17.5. The third kappa shape index (κ3) is 4.84. The van der Waals surface area contributed by atoms with E-state index in [2.05, 4.69) is 21.9 Å². The summed E-state index contributed by atoms with van der Waals surface area (Å²) in [5.74, 6) is 0.594. The van der Waals surface area contributed by atoms with Gasteiger partial charge >= 0.3 is 0 Å². The number of ether oxygens (including phenoxy) is 1. The van der Waals surface area contributed by atoms with Gasteiger partial charge in [-0.05, 0) is 62.2 Å². The molecule has 24 heavy (non-hydrogen) atoms. The normalized spacial score (nSPS) is 11.1. The van der Waals surface area contributed by atoms with Crippen molar-refractivity contribution in [3.8, 4) is 5.75 Å². The molecule has 5 nitrogen and oxygen atoms in total. The number of hydrazone groups is 1. The lowest BCUT2D eigenvalue weighted by Crippen LogP contribution is -2.27. The summed E-state index contributed by atoms with van der Waals surface area (Å²) in [4.78, 5) is 11.9. The number of methoxy groups -OCH3 is 1. The maximum Gasteiger partial charge on any atom is 0.259 e. The van der Waals surface area contributed by atoms with E-state index in [1.807, 2.05) is 57.2 Å². The van der Waals surface area contributed by atoms with Crippen molar-refractivity contribution in [3.63, 3.8) is 0 Å². The Hall–Kier alpha value is -2.82. The second-order valence-corrected chi connectivity index (χ2v) is 5.63. The van der Waals surface area contributed by atoms with E-state index < -0.39 is 0 Å². The van der Waals surface area contributed by atoms with Crippen molar-refractivity contribution >= 4 is 17.3 Å². The first-order valence-electron chi connectivity index (χ1n) is 7.78. The Kier molecular flexibility index (Phi) is 5.95. The highest BCUT2D eigenvalue weighted by Gasteiger charge is 2.04. The summed E-state index contributed by atoms with van der Waals surface area (Å²) in [5, 5.41) is 7.26. The summed E-state index contributed by atoms with van der Waals surface area (Å²) in [7, 11) is 1.62. The molecule has 126 valence electrons. The number of aryl methyl sites for hydroxylation is 2. The number of carbonyl (C=O) groups is 1. The molecule has 0 aliphatic heterocycles. The minimum atomic E-state index is -0.192. The minimum Gasteiger partial charge on any atom is -0.497 e. The molecule has 2 rings (SSSR count). The molecular formula is C19H23N3O2. The van der Waals surface area contributed by atoms with Crippen LogP contribution < -0.4 is 15.5 Å². The molecule has 0 atom stereocenters. The van der Waals surface area contributed by atoms with Crippen molar-refractivity contribution < 1.29 is 9.53 Å². The van der Waals surface area contributed by atoms with Gasteiger partial charge in [0.25, 0.3) is 5.91 Å². The number of hydrogen-bond acceptors (Lipinski definition) is 4. The van der Waals surface area contributed by atoms with Gasteiger partial charge in [-0.1, -0.05) is 17.7 Å². The maximum absolute atomic E-state index is 11.9. The first-order valence-corrected chi connectivity index (χ1v) is 7.78. The van der Waals surface area contributed by atoms with E-state index in [0.717, 1.165) is 28.3 Å². The Balaban J connectivity index is 1.89. The summed E-state index contributed by atoms with van der Waals surface area (Å²) in [6.45, 7) is 6.07. The van der Waals surface area contributed by atoms with Crippen molar-refractivity contribution in [1.82, 2.24) is 5.43 Å². The van der Waals surface area contributed by atoms with Crippen LogP contribution in [0.25, 0.3) is 0 Å². The fourth-order valence-corrected chi connectivity index (χ4v) is 2.27. The predicted molar refractivity (Wildman–Crippen MR) is 97.8 cm³/mol. The Morgan fingerprint density at radius 1 is 1.12 bits per heavy atom. The lowest BCUT2D eigenvalue weighted by atomic mass is 10.1. The zero-order valence-corrected chi connectivity index (χ0v) is 14.5. The van der Waals surface area contributed by atoms with Gasteiger partial charge in [0.1, 0.15) is 5.75 Å². The Morgan fingerprint density at radius 3 is 2.46 bits per heavy atom. The maximum atomic E-state index is 11.9. The predicted octanol–water partition coefficient (Wildman–Crippen LogP) is 3.26. The van der Waals surface area contributed by atoms with Gasteiger partial charge in [-0.25, -0.2) is 5.43 Å². The van der Waals surface area contributed by atoms with Gasteiger partial charge in [-0.3, -0.25) is 4.79 Å². The van der Waals surface area contributed by atoms with Crippen LogP contribution in [0.2, 0.25) is 0 Å². The lowest BCUT2D eigenvalue weighted by molar-refractivity contribution is -0.119. The van der Waals surface area contributed by atoms with Crippen LogP contribution >= 0.6 is 0 Å². The number of carbonyl (C=O) groups excluding carboxylic acids is 1. The van der Waals surface area contributed by atoms with Crippen LogP contribution in [0.3, 0.4) is 0 Å². The largest absolute Gasteiger partial charge is 0.497 e. The summed E-state index contributed by atoms with van der Waals surface area (Å²) >= 11 is 0. The average molecular weight is 325 g/mol. The molecule has 0 spiro atoms. The molecule has 0 radical (unpaired) electrons. The van der Waals surface area contributed by atoms with Crippen LogP contribution in [-0.2, 0) is 4.79 Å². The summed E-state index contributed by atoms with van der Waals surface area (Å²) in [5.41, 5.74) is 7.49. The van der Waals surface area contributed by atoms with Crippen LogP contribution in [-0.4, -0.2) is 25.3 Å². The van der Waals surface area contributed by atoms with Gasteiger partial charge in [0.05, 0.1) is 19.4 Å². The monoisotopic (exact) mass is 325 g/mol. The van der Waals surface area contributed by atoms with Gasteiger partial charge in [-0.15, -0.1) is 0 Å². The van der Waals surface area contributed by atoms with Crippen molar-refractivity contribution in [2.75, 3.05) is 19.0 Å². The molecule has 0 aliphatic rings. The van der Waals surface area contributed by atoms with E-state index in [4.69, 9.17) is 4.74 Å². The van der Waals surface area contributed by atoms with E-state index in [1.165, 1.54) is 5.56 Å². The second-order valence-electron chi connectivity index (χ2n) is 5.63. The molecular weight excluding hydrogens is 302 g/mol. The number of rotatable bonds is 6. The van der Waals surface area contributed by atoms with Gasteiger partial charge < -0.3 is 10.1 Å². The van der Waals surface area contributed by atoms with E-state index in [9.17, 15) is 4.79 Å². The van der Waals surface area contributed by atoms with Gasteiger partial charge in [-0.2, -0.15) is 5.10 Å². The van der Waals surface area contributed by atoms with E-state index in [1.54, 1.807) is 7.11 Å². The third-order valence-corrected chi connectivity index (χ3v) is 3.68. The fourth-order valence-electron chi connectivity index (χ4n) is 2.27. The standard InChI is InChI=1S/C19H23N3O2/c1-13-5-10-18(14(2)11-13)20-12-19(23)22-21-15(3)16-6-8-17(24-4)9-7-16/h5-11,20H,12H2,1-4H3,(H,22,23). The number of hydrogen-bond donors (Lipinski definition) is 2. The molecule has 0 bridgehead atoms. The molecule has 5 heteroatoms. The minimum absolute atomic E-state index is 0.170. The fraction of sp³-hybridized carbons (Fsp3) is 0.263. The van der Waals surface area contributed by atoms with Crippen molar-refractivity contribution in [1.29, 1.82) is 0 Å². The van der Waals surface area contributed by atoms with Crippen molar-refractivity contribution in [2.24, 2.45) is 5.10 Å². The molecule has 0 fully saturated rings. The Morgan fingerprint density at radius 2 is 1.83 bits per heavy atom. The van der Waals surface area contributed by atoms with E-state index in [-0.39, 0.29) is 12.5 Å². The van der Waals surface area contributed by atoms with Crippen molar-refractivity contribution in [2.45, 2.75) is 20.8 Å². The van der Waals surface area contributed by atoms with Crippen LogP contribution in [0.1, 0.15) is 23.6 Å². The lowest BCUT2D eigenvalue weighted by Gasteiger charge is -2.09. The molecule has 0 aromatic heterocycles. The first-order chi connectivity index (χ1) is 11.5. The van der Waals surface area contributed by atoms with Gasteiger partial charge in [0, 0.05) is 5.69 Å². The second kappa shape index (κ2) is 8.15. The Bertz CT molecular complexity index is 737. The highest BCUT2D eigenvalue weighted by Crippen LogP contribution is 2.15. The highest BCUT2D eigenvalue weighted by atomic mass is 16.5. The van der Waals surface area contributed by atoms with Crippen LogP contribution in [0.4, 0.5) is 5.69 Å². The van der Waals surface area contributed by atoms with Crippen LogP contribution in [0.5, 0.6) is 5.75 Å². The Labute approximate surface area is 142 Å². The molecule has 2 aromatic carbocycles. The van der Waals surface area contributed by atoms with Gasteiger partial charge in [0.2, 0.25) is 0 Å². The quantitative estimate of drug-likeness (QED) is 0.633. The summed E-state index contributed by atoms with van der Waals surface area (Å²) in [6, 6.07) is 13.6. The third-order valence-electron chi connectivity index (χ3n) is 3.68. The van der Waals surface area contributed by atoms with Crippen LogP contribution in [0, 0.1) is 13.8 Å². The molecule has 0 saturated heterocycles. The zero-order valence-electron chi connectivity index (χ0n) is 14.5. The van der Waals surface area contributed by atoms with Crippen molar-refractivity contribution in [3.05, 3.63) is 59.2 Å². The molecule has 2 N–H and O–H groups in total. The molecule has 0 saturated carbocycles. The summed E-state index contributed by atoms with van der Waals surface area (Å²) in [6.07, 6.45) is 0. The summed E-state index contributed by atoms with van der Waals surface area (Å²) < 4.78 is 5.12. The molecule has 2 aromatic rings. The molecule has 1 amide bonds. The molecule has 0 unspecified atom stereocenters. The van der Waals surface area contributed by atoms with Gasteiger partial charge in [0.15, 0.2) is 0 Å². The highest BCUT2D eigenvalue weighted by molar-refractivity contribution is 5.99. The molecule has 0 aliphatic carbocycles. The first kappa shape index (κ1) is 17.5. The van der Waals surface area contributed by atoms with E-state index >= 15 is 0 Å². The SMILES string of the molecule is COc1ccc(C(C)=NNC(=O)CNc2ccc(C)cc2C)cc1.